The largest absolute Gasteiger partial charge is 0.388 e. The van der Waals surface area contributed by atoms with Gasteiger partial charge < -0.3 is 5.11 Å². The molecule has 2 heteroatoms. The Bertz CT molecular complexity index is 523. The molecule has 0 aromatic heterocycles. The van der Waals surface area contributed by atoms with Crippen molar-refractivity contribution in [1.29, 1.82) is 0 Å². The second kappa shape index (κ2) is 4.17. The predicted molar refractivity (Wildman–Crippen MR) is 73.4 cm³/mol. The molecule has 1 unspecified atom stereocenters. The summed E-state index contributed by atoms with van der Waals surface area (Å²) in [7, 11) is 0. The molecule has 100 valence electrons. The van der Waals surface area contributed by atoms with Gasteiger partial charge in [-0.2, -0.15) is 0 Å². The van der Waals surface area contributed by atoms with Crippen LogP contribution in [0.25, 0.3) is 0 Å². The normalized spacial score (nSPS) is 40.7. The van der Waals surface area contributed by atoms with Gasteiger partial charge in [-0.1, -0.05) is 18.6 Å². The number of carbonyl (C=O) groups excluding carboxylic acids is 1. The van der Waals surface area contributed by atoms with E-state index in [1.54, 1.807) is 6.08 Å². The van der Waals surface area contributed by atoms with Gasteiger partial charge in [-0.25, -0.2) is 0 Å². The lowest BCUT2D eigenvalue weighted by Crippen LogP contribution is -2.32. The topological polar surface area (TPSA) is 37.3 Å². The van der Waals surface area contributed by atoms with Crippen LogP contribution in [0.5, 0.6) is 0 Å². The summed E-state index contributed by atoms with van der Waals surface area (Å²) in [5.41, 5.74) is 3.55. The van der Waals surface area contributed by atoms with Gasteiger partial charge in [0.05, 0.1) is 6.10 Å². The van der Waals surface area contributed by atoms with Crippen LogP contribution in [0.15, 0.2) is 34.9 Å². The number of hydrogen-bond donors (Lipinski definition) is 1. The molecule has 4 aliphatic carbocycles. The number of fused-ring (bicyclic) bond motifs is 4. The molecule has 19 heavy (non-hydrogen) atoms. The fraction of sp³-hybridized carbons (Fsp3) is 0.588. The molecule has 0 heterocycles. The van der Waals surface area contributed by atoms with Crippen LogP contribution in [-0.4, -0.2) is 17.0 Å². The number of carbonyl (C=O) groups is 1. The van der Waals surface area contributed by atoms with E-state index < -0.39 is 6.10 Å². The summed E-state index contributed by atoms with van der Waals surface area (Å²) in [5.74, 6) is 2.28. The first-order chi connectivity index (χ1) is 9.24. The molecule has 0 amide bonds. The van der Waals surface area contributed by atoms with Crippen LogP contribution in [0, 0.1) is 17.8 Å². The molecule has 0 aliphatic heterocycles. The highest BCUT2D eigenvalue weighted by atomic mass is 16.3. The molecule has 0 saturated heterocycles. The molecule has 0 bridgehead atoms. The Morgan fingerprint density at radius 1 is 1.21 bits per heavy atom. The van der Waals surface area contributed by atoms with Gasteiger partial charge in [0.15, 0.2) is 5.78 Å². The van der Waals surface area contributed by atoms with Gasteiger partial charge >= 0.3 is 0 Å². The maximum atomic E-state index is 11.6. The average molecular weight is 256 g/mol. The minimum absolute atomic E-state index is 0.0869. The molecule has 4 atom stereocenters. The number of aliphatic hydroxyl groups excluding tert-OH is 1. The lowest BCUT2D eigenvalue weighted by Gasteiger charge is -2.40. The average Bonchev–Trinajstić information content (AvgIpc) is 2.85. The maximum absolute atomic E-state index is 11.6. The quantitative estimate of drug-likeness (QED) is 0.723. The molecule has 1 saturated carbocycles. The summed E-state index contributed by atoms with van der Waals surface area (Å²) in [5, 5.41) is 10.3. The van der Waals surface area contributed by atoms with E-state index in [9.17, 15) is 9.90 Å². The monoisotopic (exact) mass is 256 g/mol. The third-order valence-corrected chi connectivity index (χ3v) is 5.51. The Kier molecular flexibility index (Phi) is 2.56. The van der Waals surface area contributed by atoms with Gasteiger partial charge in [0.25, 0.3) is 0 Å². The molecular formula is C17H20O2. The Morgan fingerprint density at radius 3 is 3.00 bits per heavy atom. The van der Waals surface area contributed by atoms with Crippen molar-refractivity contribution >= 4 is 5.78 Å². The van der Waals surface area contributed by atoms with Gasteiger partial charge in [-0.3, -0.25) is 4.79 Å². The zero-order chi connectivity index (χ0) is 13.0. The van der Waals surface area contributed by atoms with E-state index in [1.807, 2.05) is 0 Å². The second-order valence-corrected chi connectivity index (χ2v) is 6.49. The second-order valence-electron chi connectivity index (χ2n) is 6.49. The highest BCUT2D eigenvalue weighted by Gasteiger charge is 2.41. The molecule has 0 radical (unpaired) electrons. The van der Waals surface area contributed by atoms with E-state index in [0.29, 0.717) is 5.92 Å². The van der Waals surface area contributed by atoms with Crippen LogP contribution in [0.3, 0.4) is 0 Å². The summed E-state index contributed by atoms with van der Waals surface area (Å²) in [6.45, 7) is 0. The van der Waals surface area contributed by atoms with E-state index in [4.69, 9.17) is 0 Å². The van der Waals surface area contributed by atoms with E-state index in [-0.39, 0.29) is 12.2 Å². The first-order valence-electron chi connectivity index (χ1n) is 7.58. The zero-order valence-electron chi connectivity index (χ0n) is 11.1. The highest BCUT2D eigenvalue weighted by molar-refractivity contribution is 5.94. The standard InChI is InChI=1S/C17H20O2/c18-12-8-11-5-6-14-13-3-1-2-10(13)4-7-15(14)17(11)16(19)9-12/h4,7-8,10,13-14,16,19H,1-3,5-6,9H2/t10-,13+,14-,16?/m0/s1. The molecule has 0 aromatic carbocycles. The van der Waals surface area contributed by atoms with E-state index in [1.165, 1.54) is 24.8 Å². The van der Waals surface area contributed by atoms with Crippen molar-refractivity contribution in [2.24, 2.45) is 17.8 Å². The van der Waals surface area contributed by atoms with Crippen LogP contribution < -0.4 is 0 Å². The van der Waals surface area contributed by atoms with Crippen molar-refractivity contribution < 1.29 is 9.90 Å². The molecular weight excluding hydrogens is 236 g/mol. The maximum Gasteiger partial charge on any atom is 0.158 e. The zero-order valence-corrected chi connectivity index (χ0v) is 11.1. The number of hydrogen-bond acceptors (Lipinski definition) is 2. The van der Waals surface area contributed by atoms with Crippen LogP contribution >= 0.6 is 0 Å². The van der Waals surface area contributed by atoms with E-state index in [0.717, 1.165) is 35.8 Å². The summed E-state index contributed by atoms with van der Waals surface area (Å²) in [4.78, 5) is 11.6. The van der Waals surface area contributed by atoms with Gasteiger partial charge in [0.2, 0.25) is 0 Å². The van der Waals surface area contributed by atoms with Crippen molar-refractivity contribution in [3.63, 3.8) is 0 Å². The summed E-state index contributed by atoms with van der Waals surface area (Å²) in [6.07, 6.45) is 12.3. The van der Waals surface area contributed by atoms with Crippen molar-refractivity contribution in [2.45, 2.75) is 44.6 Å². The highest BCUT2D eigenvalue weighted by Crippen LogP contribution is 2.51. The Balaban J connectivity index is 1.83. The van der Waals surface area contributed by atoms with Gasteiger partial charge in [-0.15, -0.1) is 0 Å². The van der Waals surface area contributed by atoms with Crippen LogP contribution in [-0.2, 0) is 4.79 Å². The van der Waals surface area contributed by atoms with Crippen molar-refractivity contribution in [1.82, 2.24) is 0 Å². The Hall–Kier alpha value is -1.15. The minimum Gasteiger partial charge on any atom is -0.388 e. The summed E-state index contributed by atoms with van der Waals surface area (Å²) >= 11 is 0. The molecule has 1 N–H and O–H groups in total. The first-order valence-corrected chi connectivity index (χ1v) is 7.58. The van der Waals surface area contributed by atoms with E-state index >= 15 is 0 Å². The third-order valence-electron chi connectivity index (χ3n) is 5.51. The summed E-state index contributed by atoms with van der Waals surface area (Å²) < 4.78 is 0. The number of ketones is 1. The van der Waals surface area contributed by atoms with Crippen LogP contribution in [0.2, 0.25) is 0 Å². The lowest BCUT2D eigenvalue weighted by molar-refractivity contribution is -0.116. The SMILES string of the molecule is O=C1C=C2CC[C@@H]3C(=C2C(O)C1)C=C[C@@H]1CCC[C@H]13. The fourth-order valence-corrected chi connectivity index (χ4v) is 4.73. The predicted octanol–water partition coefficient (Wildman–Crippen LogP) is 2.94. The van der Waals surface area contributed by atoms with Gasteiger partial charge in [-0.05, 0) is 66.2 Å². The molecule has 0 spiro atoms. The fourth-order valence-electron chi connectivity index (χ4n) is 4.73. The summed E-state index contributed by atoms with van der Waals surface area (Å²) in [6, 6.07) is 0. The molecule has 2 nitrogen and oxygen atoms in total. The first kappa shape index (κ1) is 11.7. The van der Waals surface area contributed by atoms with E-state index in [2.05, 4.69) is 12.2 Å². The van der Waals surface area contributed by atoms with Gasteiger partial charge in [0, 0.05) is 6.42 Å². The number of rotatable bonds is 0. The third kappa shape index (κ3) is 1.69. The Morgan fingerprint density at radius 2 is 2.11 bits per heavy atom. The van der Waals surface area contributed by atoms with Crippen molar-refractivity contribution in [3.05, 3.63) is 34.9 Å². The Labute approximate surface area is 113 Å². The molecule has 0 aromatic rings. The number of aliphatic hydroxyl groups is 1. The smallest absolute Gasteiger partial charge is 0.158 e. The van der Waals surface area contributed by atoms with Crippen LogP contribution in [0.1, 0.15) is 38.5 Å². The van der Waals surface area contributed by atoms with Gasteiger partial charge in [0.1, 0.15) is 0 Å². The minimum atomic E-state index is -0.562. The van der Waals surface area contributed by atoms with Crippen molar-refractivity contribution in [2.75, 3.05) is 0 Å². The molecule has 4 rings (SSSR count). The molecule has 4 aliphatic rings. The lowest BCUT2D eigenvalue weighted by atomic mass is 9.65. The van der Waals surface area contributed by atoms with Crippen molar-refractivity contribution in [3.8, 4) is 0 Å². The number of allylic oxidation sites excluding steroid dienone is 4. The van der Waals surface area contributed by atoms with Crippen LogP contribution in [0.4, 0.5) is 0 Å². The molecule has 1 fully saturated rings.